The van der Waals surface area contributed by atoms with Gasteiger partial charge in [0.1, 0.15) is 11.8 Å². The molecule has 0 aliphatic heterocycles. The number of nitro benzene ring substituents is 1. The Labute approximate surface area is 149 Å². The van der Waals surface area contributed by atoms with E-state index in [9.17, 15) is 24.8 Å². The van der Waals surface area contributed by atoms with E-state index in [4.69, 9.17) is 4.74 Å². The number of nitrogens with one attached hydrogen (secondary N) is 1. The highest BCUT2D eigenvalue weighted by Crippen LogP contribution is 2.15. The molecule has 0 bridgehead atoms. The molecule has 0 radical (unpaired) electrons. The summed E-state index contributed by atoms with van der Waals surface area (Å²) in [5.41, 5.74) is 1.04. The molecule has 8 heteroatoms. The van der Waals surface area contributed by atoms with Gasteiger partial charge in [-0.1, -0.05) is 24.3 Å². The smallest absolute Gasteiger partial charge is 0.326 e. The van der Waals surface area contributed by atoms with Crippen LogP contribution in [0.25, 0.3) is 0 Å². The highest BCUT2D eigenvalue weighted by Gasteiger charge is 2.21. The van der Waals surface area contributed by atoms with Crippen molar-refractivity contribution in [2.45, 2.75) is 18.9 Å². The van der Waals surface area contributed by atoms with E-state index < -0.39 is 22.8 Å². The Hall–Kier alpha value is -3.42. The predicted octanol–water partition coefficient (Wildman–Crippen LogP) is 1.96. The van der Waals surface area contributed by atoms with Gasteiger partial charge in [-0.25, -0.2) is 4.79 Å². The van der Waals surface area contributed by atoms with E-state index in [0.717, 1.165) is 5.56 Å². The Balaban J connectivity index is 2.02. The molecule has 2 rings (SSSR count). The van der Waals surface area contributed by atoms with Gasteiger partial charge in [-0.05, 0) is 23.3 Å². The number of amides is 1. The zero-order valence-corrected chi connectivity index (χ0v) is 14.0. The molecule has 0 saturated carbocycles. The molecule has 1 atom stereocenters. The molecule has 26 heavy (non-hydrogen) atoms. The normalized spacial score (nSPS) is 11.4. The first-order valence-corrected chi connectivity index (χ1v) is 7.77. The Morgan fingerprint density at radius 2 is 1.88 bits per heavy atom. The molecular formula is C18H18N2O6. The molecule has 0 aromatic heterocycles. The number of aliphatic carboxylic acids is 1. The minimum Gasteiger partial charge on any atom is -0.497 e. The van der Waals surface area contributed by atoms with Crippen molar-refractivity contribution in [1.29, 1.82) is 0 Å². The molecule has 1 amide bonds. The Bertz CT molecular complexity index is 804. The van der Waals surface area contributed by atoms with Crippen LogP contribution in [-0.2, 0) is 22.4 Å². The van der Waals surface area contributed by atoms with Gasteiger partial charge in [-0.3, -0.25) is 14.9 Å². The fourth-order valence-corrected chi connectivity index (χ4v) is 2.41. The highest BCUT2D eigenvalue weighted by molar-refractivity contribution is 5.85. The molecule has 0 spiro atoms. The van der Waals surface area contributed by atoms with Crippen LogP contribution in [0.3, 0.4) is 0 Å². The maximum atomic E-state index is 12.1. The number of rotatable bonds is 8. The lowest BCUT2D eigenvalue weighted by atomic mass is 10.0. The third-order valence-electron chi connectivity index (χ3n) is 3.72. The van der Waals surface area contributed by atoms with Crippen LogP contribution >= 0.6 is 0 Å². The number of hydrogen-bond donors (Lipinski definition) is 2. The second-order valence-corrected chi connectivity index (χ2v) is 5.61. The van der Waals surface area contributed by atoms with Crippen molar-refractivity contribution in [2.24, 2.45) is 0 Å². The molecule has 0 aliphatic carbocycles. The summed E-state index contributed by atoms with van der Waals surface area (Å²) >= 11 is 0. The first kappa shape index (κ1) is 18.9. The summed E-state index contributed by atoms with van der Waals surface area (Å²) in [7, 11) is 1.53. The van der Waals surface area contributed by atoms with Crippen molar-refractivity contribution >= 4 is 17.6 Å². The Kier molecular flexibility index (Phi) is 6.26. The van der Waals surface area contributed by atoms with E-state index in [1.807, 2.05) is 0 Å². The number of carboxylic acids is 1. The van der Waals surface area contributed by atoms with Crippen LogP contribution in [-0.4, -0.2) is 35.1 Å². The zero-order chi connectivity index (χ0) is 19.1. The van der Waals surface area contributed by atoms with Crippen LogP contribution in [0.2, 0.25) is 0 Å². The van der Waals surface area contributed by atoms with E-state index in [-0.39, 0.29) is 18.5 Å². The minimum absolute atomic E-state index is 0.111. The number of benzene rings is 2. The van der Waals surface area contributed by atoms with E-state index in [1.165, 1.54) is 25.3 Å². The second-order valence-electron chi connectivity index (χ2n) is 5.61. The molecule has 2 aromatic rings. The fraction of sp³-hybridized carbons (Fsp3) is 0.222. The lowest BCUT2D eigenvalue weighted by Gasteiger charge is -2.15. The highest BCUT2D eigenvalue weighted by atomic mass is 16.6. The van der Waals surface area contributed by atoms with E-state index >= 15 is 0 Å². The first-order valence-electron chi connectivity index (χ1n) is 7.77. The molecule has 0 fully saturated rings. The summed E-state index contributed by atoms with van der Waals surface area (Å²) in [6, 6.07) is 11.4. The van der Waals surface area contributed by atoms with Crippen molar-refractivity contribution < 1.29 is 24.4 Å². The monoisotopic (exact) mass is 358 g/mol. The molecular weight excluding hydrogens is 340 g/mol. The Morgan fingerprint density at radius 3 is 2.46 bits per heavy atom. The van der Waals surface area contributed by atoms with Crippen molar-refractivity contribution in [3.63, 3.8) is 0 Å². The fourth-order valence-electron chi connectivity index (χ4n) is 2.41. The van der Waals surface area contributed by atoms with Crippen LogP contribution in [0.5, 0.6) is 5.75 Å². The van der Waals surface area contributed by atoms with E-state index in [2.05, 4.69) is 5.32 Å². The number of carbonyl (C=O) groups excluding carboxylic acids is 1. The maximum Gasteiger partial charge on any atom is 0.326 e. The molecule has 0 unspecified atom stereocenters. The van der Waals surface area contributed by atoms with Gasteiger partial charge in [-0.2, -0.15) is 0 Å². The van der Waals surface area contributed by atoms with Crippen molar-refractivity contribution in [3.8, 4) is 5.75 Å². The molecule has 2 N–H and O–H groups in total. The number of ether oxygens (including phenoxy) is 1. The molecule has 0 saturated heterocycles. The van der Waals surface area contributed by atoms with Crippen molar-refractivity contribution in [1.82, 2.24) is 5.32 Å². The maximum absolute atomic E-state index is 12.1. The van der Waals surface area contributed by atoms with E-state index in [0.29, 0.717) is 11.3 Å². The number of non-ortho nitro benzene ring substituents is 1. The lowest BCUT2D eigenvalue weighted by molar-refractivity contribution is -0.384. The van der Waals surface area contributed by atoms with Gasteiger partial charge in [0, 0.05) is 18.6 Å². The molecule has 0 heterocycles. The van der Waals surface area contributed by atoms with Gasteiger partial charge >= 0.3 is 5.97 Å². The van der Waals surface area contributed by atoms with Gasteiger partial charge in [0.05, 0.1) is 18.5 Å². The van der Waals surface area contributed by atoms with Gasteiger partial charge in [0.2, 0.25) is 5.91 Å². The number of nitro groups is 1. The standard InChI is InChI=1S/C18H18N2O6/c1-26-15-7-5-12(6-8-15)10-16(18(22)23)19-17(21)11-13-3-2-4-14(9-13)20(24)25/h2-9,16H,10-11H2,1H3,(H,19,21)(H,22,23)/t16-/m1/s1. The number of nitrogens with zero attached hydrogens (tertiary/aromatic N) is 1. The molecule has 0 aliphatic rings. The SMILES string of the molecule is COc1ccc(C[C@@H](NC(=O)Cc2cccc([N+](=O)[O-])c2)C(=O)O)cc1. The van der Waals surface area contributed by atoms with Crippen LogP contribution < -0.4 is 10.1 Å². The van der Waals surface area contributed by atoms with Gasteiger partial charge in [-0.15, -0.1) is 0 Å². The third-order valence-corrected chi connectivity index (χ3v) is 3.72. The number of carboxylic acid groups (broad SMARTS) is 1. The van der Waals surface area contributed by atoms with Gasteiger partial charge in [0.15, 0.2) is 0 Å². The quantitative estimate of drug-likeness (QED) is 0.550. The molecule has 8 nitrogen and oxygen atoms in total. The summed E-state index contributed by atoms with van der Waals surface area (Å²) in [4.78, 5) is 33.8. The van der Waals surface area contributed by atoms with Crippen LogP contribution in [0.1, 0.15) is 11.1 Å². The van der Waals surface area contributed by atoms with Crippen molar-refractivity contribution in [2.75, 3.05) is 7.11 Å². The summed E-state index contributed by atoms with van der Waals surface area (Å²) in [6.45, 7) is 0. The predicted molar refractivity (Wildman–Crippen MR) is 93.1 cm³/mol. The lowest BCUT2D eigenvalue weighted by Crippen LogP contribution is -2.43. The van der Waals surface area contributed by atoms with E-state index in [1.54, 1.807) is 30.3 Å². The van der Waals surface area contributed by atoms with Gasteiger partial charge in [0.25, 0.3) is 5.69 Å². The largest absolute Gasteiger partial charge is 0.497 e. The average molecular weight is 358 g/mol. The van der Waals surface area contributed by atoms with Gasteiger partial charge < -0.3 is 15.2 Å². The van der Waals surface area contributed by atoms with Crippen LogP contribution in [0, 0.1) is 10.1 Å². The van der Waals surface area contributed by atoms with Crippen molar-refractivity contribution in [3.05, 3.63) is 69.8 Å². The minimum atomic E-state index is -1.16. The summed E-state index contributed by atoms with van der Waals surface area (Å²) in [5.74, 6) is -1.03. The molecule has 2 aromatic carbocycles. The number of carbonyl (C=O) groups is 2. The average Bonchev–Trinajstić information content (AvgIpc) is 2.61. The third kappa shape index (κ3) is 5.30. The summed E-state index contributed by atoms with van der Waals surface area (Å²) < 4.78 is 5.05. The number of hydrogen-bond acceptors (Lipinski definition) is 5. The summed E-state index contributed by atoms with van der Waals surface area (Å²) in [5, 5.41) is 22.6. The van der Waals surface area contributed by atoms with Crippen LogP contribution in [0.15, 0.2) is 48.5 Å². The zero-order valence-electron chi connectivity index (χ0n) is 14.0. The topological polar surface area (TPSA) is 119 Å². The van der Waals surface area contributed by atoms with Crippen LogP contribution in [0.4, 0.5) is 5.69 Å². The molecule has 136 valence electrons. The number of methoxy groups -OCH3 is 1. The summed E-state index contributed by atoms with van der Waals surface area (Å²) in [6.07, 6.45) is -0.0337. The first-order chi connectivity index (χ1) is 12.4. The Morgan fingerprint density at radius 1 is 1.19 bits per heavy atom. The second kappa shape index (κ2) is 8.61.